The summed E-state index contributed by atoms with van der Waals surface area (Å²) in [5.74, 6) is 1.22. The Balaban J connectivity index is 1.25. The Morgan fingerprint density at radius 2 is 1.64 bits per heavy atom. The molecule has 3 aromatic rings. The molecule has 0 saturated carbocycles. The number of amides is 1. The molecule has 4 rings (SSSR count). The Bertz CT molecular complexity index is 1200. The second-order valence-electron chi connectivity index (χ2n) is 8.44. The van der Waals surface area contributed by atoms with Crippen molar-refractivity contribution >= 4 is 15.9 Å². The molecule has 33 heavy (non-hydrogen) atoms. The molecule has 1 amide bonds. The standard InChI is InChI=1S/C24H28N4O4S/c1-17-3-7-19(8-4-17)23-26-24(32-27-23)20-12-15-28(16-13-20)22(29)11-14-25-33(30,31)21-9-5-18(2)6-10-21/h3-10,20,25H,11-16H2,1-2H3. The van der Waals surface area contributed by atoms with Crippen molar-refractivity contribution in [2.24, 2.45) is 0 Å². The van der Waals surface area contributed by atoms with Crippen molar-refractivity contribution in [2.75, 3.05) is 19.6 Å². The third-order valence-electron chi connectivity index (χ3n) is 5.91. The third-order valence-corrected chi connectivity index (χ3v) is 7.39. The summed E-state index contributed by atoms with van der Waals surface area (Å²) in [5, 5.41) is 4.11. The summed E-state index contributed by atoms with van der Waals surface area (Å²) < 4.78 is 32.7. The average molecular weight is 469 g/mol. The lowest BCUT2D eigenvalue weighted by Crippen LogP contribution is -2.39. The van der Waals surface area contributed by atoms with Gasteiger partial charge in [0, 0.05) is 37.5 Å². The largest absolute Gasteiger partial charge is 0.343 e. The molecule has 0 atom stereocenters. The van der Waals surface area contributed by atoms with Gasteiger partial charge in [0.25, 0.3) is 0 Å². The molecule has 0 unspecified atom stereocenters. The number of rotatable bonds is 7. The first-order chi connectivity index (χ1) is 15.8. The second kappa shape index (κ2) is 9.84. The van der Waals surface area contributed by atoms with Gasteiger partial charge in [-0.25, -0.2) is 13.1 Å². The van der Waals surface area contributed by atoms with Crippen molar-refractivity contribution in [2.45, 2.75) is 43.9 Å². The van der Waals surface area contributed by atoms with Crippen LogP contribution in [0.2, 0.25) is 0 Å². The van der Waals surface area contributed by atoms with Gasteiger partial charge >= 0.3 is 0 Å². The Labute approximate surface area is 194 Å². The maximum Gasteiger partial charge on any atom is 0.240 e. The molecule has 174 valence electrons. The van der Waals surface area contributed by atoms with Gasteiger partial charge in [-0.2, -0.15) is 4.98 Å². The number of aryl methyl sites for hydroxylation is 2. The van der Waals surface area contributed by atoms with Crippen LogP contribution in [0.4, 0.5) is 0 Å². The van der Waals surface area contributed by atoms with Gasteiger partial charge in [-0.15, -0.1) is 0 Å². The Kier molecular flexibility index (Phi) is 6.90. The van der Waals surface area contributed by atoms with Crippen LogP contribution in [0.5, 0.6) is 0 Å². The Morgan fingerprint density at radius 3 is 2.27 bits per heavy atom. The summed E-state index contributed by atoms with van der Waals surface area (Å²) >= 11 is 0. The quantitative estimate of drug-likeness (QED) is 0.570. The number of aromatic nitrogens is 2. The number of hydrogen-bond donors (Lipinski definition) is 1. The predicted molar refractivity (Wildman–Crippen MR) is 124 cm³/mol. The molecule has 8 nitrogen and oxygen atoms in total. The summed E-state index contributed by atoms with van der Waals surface area (Å²) in [4.78, 5) is 19.1. The van der Waals surface area contributed by atoms with Crippen LogP contribution in [-0.2, 0) is 14.8 Å². The number of nitrogens with zero attached hydrogens (tertiary/aromatic N) is 3. The number of hydrogen-bond acceptors (Lipinski definition) is 6. The lowest BCUT2D eigenvalue weighted by Gasteiger charge is -2.30. The molecule has 0 aliphatic carbocycles. The molecule has 1 aliphatic rings. The summed E-state index contributed by atoms with van der Waals surface area (Å²) in [6.45, 7) is 5.15. The zero-order valence-electron chi connectivity index (χ0n) is 18.8. The summed E-state index contributed by atoms with van der Waals surface area (Å²) in [6, 6.07) is 14.6. The maximum atomic E-state index is 12.6. The van der Waals surface area contributed by atoms with Gasteiger partial charge in [-0.1, -0.05) is 52.7 Å². The minimum Gasteiger partial charge on any atom is -0.343 e. The van der Waals surface area contributed by atoms with Crippen molar-refractivity contribution in [3.05, 3.63) is 65.5 Å². The molecule has 2 aromatic carbocycles. The minimum absolute atomic E-state index is 0.0640. The van der Waals surface area contributed by atoms with E-state index in [1.807, 2.05) is 38.1 Å². The molecule has 2 heterocycles. The number of carbonyl (C=O) groups excluding carboxylic acids is 1. The van der Waals surface area contributed by atoms with Gasteiger partial charge in [0.2, 0.25) is 27.6 Å². The van der Waals surface area contributed by atoms with E-state index in [4.69, 9.17) is 4.52 Å². The van der Waals surface area contributed by atoms with Crippen LogP contribution in [0, 0.1) is 13.8 Å². The molecule has 0 radical (unpaired) electrons. The number of sulfonamides is 1. The maximum absolute atomic E-state index is 12.6. The van der Waals surface area contributed by atoms with E-state index in [2.05, 4.69) is 14.9 Å². The van der Waals surface area contributed by atoms with Crippen LogP contribution in [-0.4, -0.2) is 49.0 Å². The van der Waals surface area contributed by atoms with Crippen LogP contribution < -0.4 is 4.72 Å². The molecule has 1 saturated heterocycles. The van der Waals surface area contributed by atoms with Crippen LogP contribution in [0.1, 0.15) is 42.2 Å². The smallest absolute Gasteiger partial charge is 0.240 e. The van der Waals surface area contributed by atoms with E-state index >= 15 is 0 Å². The molecule has 1 fully saturated rings. The van der Waals surface area contributed by atoms with E-state index in [1.54, 1.807) is 29.2 Å². The minimum atomic E-state index is -3.62. The van der Waals surface area contributed by atoms with E-state index in [-0.39, 0.29) is 29.7 Å². The summed E-state index contributed by atoms with van der Waals surface area (Å²) in [6.07, 6.45) is 1.58. The first kappa shape index (κ1) is 23.1. The van der Waals surface area contributed by atoms with Gasteiger partial charge in [0.1, 0.15) is 0 Å². The fourth-order valence-corrected chi connectivity index (χ4v) is 4.88. The SMILES string of the molecule is Cc1ccc(-c2noc(C3CCN(C(=O)CCNS(=O)(=O)c4ccc(C)cc4)CC3)n2)cc1. The summed E-state index contributed by atoms with van der Waals surface area (Å²) in [5.41, 5.74) is 3.07. The highest BCUT2D eigenvalue weighted by Crippen LogP contribution is 2.28. The van der Waals surface area contributed by atoms with Crippen LogP contribution in [0.3, 0.4) is 0 Å². The highest BCUT2D eigenvalue weighted by Gasteiger charge is 2.27. The average Bonchev–Trinajstić information content (AvgIpc) is 3.30. The molecule has 1 aromatic heterocycles. The monoisotopic (exact) mass is 468 g/mol. The van der Waals surface area contributed by atoms with Crippen molar-refractivity contribution in [1.82, 2.24) is 19.8 Å². The van der Waals surface area contributed by atoms with Crippen molar-refractivity contribution in [3.63, 3.8) is 0 Å². The van der Waals surface area contributed by atoms with E-state index in [0.717, 1.165) is 24.0 Å². The van der Waals surface area contributed by atoms with Gasteiger partial charge in [0.15, 0.2) is 0 Å². The summed E-state index contributed by atoms with van der Waals surface area (Å²) in [7, 11) is -3.62. The van der Waals surface area contributed by atoms with Crippen LogP contribution in [0.15, 0.2) is 57.9 Å². The van der Waals surface area contributed by atoms with Gasteiger partial charge in [-0.05, 0) is 38.8 Å². The zero-order valence-corrected chi connectivity index (χ0v) is 19.6. The topological polar surface area (TPSA) is 105 Å². The normalized spacial score (nSPS) is 15.0. The highest BCUT2D eigenvalue weighted by molar-refractivity contribution is 7.89. The van der Waals surface area contributed by atoms with Gasteiger partial charge in [-0.3, -0.25) is 4.79 Å². The van der Waals surface area contributed by atoms with E-state index < -0.39 is 10.0 Å². The number of piperidine rings is 1. The molecule has 9 heteroatoms. The fourth-order valence-electron chi connectivity index (χ4n) is 3.85. The van der Waals surface area contributed by atoms with E-state index in [0.29, 0.717) is 24.8 Å². The van der Waals surface area contributed by atoms with Gasteiger partial charge < -0.3 is 9.42 Å². The molecule has 1 N–H and O–H groups in total. The van der Waals surface area contributed by atoms with Crippen molar-refractivity contribution in [1.29, 1.82) is 0 Å². The number of carbonyl (C=O) groups is 1. The molecule has 0 spiro atoms. The first-order valence-corrected chi connectivity index (χ1v) is 12.5. The fraction of sp³-hybridized carbons (Fsp3) is 0.375. The number of benzene rings is 2. The number of likely N-dealkylation sites (tertiary alicyclic amines) is 1. The lowest BCUT2D eigenvalue weighted by atomic mass is 9.96. The number of nitrogens with one attached hydrogen (secondary N) is 1. The second-order valence-corrected chi connectivity index (χ2v) is 10.2. The van der Waals surface area contributed by atoms with Crippen LogP contribution in [0.25, 0.3) is 11.4 Å². The molecular formula is C24H28N4O4S. The van der Waals surface area contributed by atoms with E-state index in [1.165, 1.54) is 5.56 Å². The van der Waals surface area contributed by atoms with Gasteiger partial charge in [0.05, 0.1) is 4.90 Å². The van der Waals surface area contributed by atoms with Crippen LogP contribution >= 0.6 is 0 Å². The Morgan fingerprint density at radius 1 is 1.03 bits per heavy atom. The molecule has 1 aliphatic heterocycles. The predicted octanol–water partition coefficient (Wildman–Crippen LogP) is 3.43. The first-order valence-electron chi connectivity index (χ1n) is 11.1. The Hall–Kier alpha value is -3.04. The van der Waals surface area contributed by atoms with Crippen molar-refractivity contribution in [3.8, 4) is 11.4 Å². The zero-order chi connectivity index (χ0) is 23.4. The molecule has 0 bridgehead atoms. The third kappa shape index (κ3) is 5.66. The van der Waals surface area contributed by atoms with E-state index in [9.17, 15) is 13.2 Å². The van der Waals surface area contributed by atoms with Crippen molar-refractivity contribution < 1.29 is 17.7 Å². The molecular weight excluding hydrogens is 440 g/mol. The lowest BCUT2D eigenvalue weighted by molar-refractivity contribution is -0.132. The highest BCUT2D eigenvalue weighted by atomic mass is 32.2.